The molecule has 0 aromatic heterocycles. The molecule has 2 aliphatic rings. The summed E-state index contributed by atoms with van der Waals surface area (Å²) in [5.74, 6) is 0. The molecule has 0 amide bonds. The minimum absolute atomic E-state index is 0.237. The van der Waals surface area contributed by atoms with Gasteiger partial charge in [-0.25, -0.2) is 0 Å². The third-order valence-corrected chi connectivity index (χ3v) is 5.34. The first-order valence-electron chi connectivity index (χ1n) is 5.54. The molecule has 2 atom stereocenters. The van der Waals surface area contributed by atoms with Gasteiger partial charge in [0.2, 0.25) is 0 Å². The Bertz CT molecular complexity index is 442. The maximum absolute atomic E-state index is 5.89. The van der Waals surface area contributed by atoms with Gasteiger partial charge in [-0.15, -0.1) is 0 Å². The lowest BCUT2D eigenvalue weighted by molar-refractivity contribution is 0.0881. The maximum Gasteiger partial charge on any atom is 0.102 e. The lowest BCUT2D eigenvalue weighted by Gasteiger charge is -2.22. The highest BCUT2D eigenvalue weighted by Gasteiger charge is 2.37. The quantitative estimate of drug-likeness (QED) is 0.518. The van der Waals surface area contributed by atoms with Crippen molar-refractivity contribution >= 4 is 13.3 Å². The van der Waals surface area contributed by atoms with E-state index in [4.69, 9.17) is 4.74 Å². The average Bonchev–Trinajstić information content (AvgIpc) is 2.76. The summed E-state index contributed by atoms with van der Waals surface area (Å²) in [6.45, 7) is 7.20. The number of hydrogen-bond acceptors (Lipinski definition) is 1. The summed E-state index contributed by atoms with van der Waals surface area (Å²) >= 11 is 0. The Morgan fingerprint density at radius 3 is 2.53 bits per heavy atom. The van der Waals surface area contributed by atoms with Crippen LogP contribution in [0.25, 0.3) is 0 Å². The number of benzene rings is 1. The van der Waals surface area contributed by atoms with Gasteiger partial charge >= 0.3 is 0 Å². The Hall–Kier alpha value is -0.863. The van der Waals surface area contributed by atoms with E-state index in [1.165, 1.54) is 11.1 Å². The fraction of sp³-hybridized carbons (Fsp3) is 0.385. The van der Waals surface area contributed by atoms with Crippen molar-refractivity contribution in [3.05, 3.63) is 41.5 Å². The summed E-state index contributed by atoms with van der Waals surface area (Å²) in [6.07, 6.45) is 4.87. The average molecular weight is 216 g/mol. The molecule has 0 saturated heterocycles. The molecule has 0 aliphatic carbocycles. The zero-order valence-electron chi connectivity index (χ0n) is 9.45. The number of rotatable bonds is 1. The molecule has 2 aliphatic heterocycles. The van der Waals surface area contributed by atoms with Crippen LogP contribution >= 0.6 is 0 Å². The van der Waals surface area contributed by atoms with Crippen molar-refractivity contribution in [2.45, 2.75) is 31.8 Å². The van der Waals surface area contributed by atoms with Gasteiger partial charge in [0, 0.05) is 0 Å². The van der Waals surface area contributed by atoms with Gasteiger partial charge in [0.15, 0.2) is 0 Å². The van der Waals surface area contributed by atoms with Crippen molar-refractivity contribution in [3.8, 4) is 0 Å². The molecule has 2 heterocycles. The van der Waals surface area contributed by atoms with Crippen LogP contribution in [-0.4, -0.2) is 8.07 Å². The first-order valence-corrected chi connectivity index (χ1v) is 9.04. The van der Waals surface area contributed by atoms with Crippen LogP contribution in [0.1, 0.15) is 23.3 Å². The molecule has 1 nitrogen and oxygen atoms in total. The van der Waals surface area contributed by atoms with E-state index in [0.717, 1.165) is 0 Å². The zero-order valence-corrected chi connectivity index (χ0v) is 10.4. The minimum Gasteiger partial charge on any atom is -0.357 e. The fourth-order valence-corrected chi connectivity index (χ4v) is 4.29. The van der Waals surface area contributed by atoms with Gasteiger partial charge in [0.25, 0.3) is 0 Å². The molecule has 2 heteroatoms. The number of hydrogen-bond donors (Lipinski definition) is 0. The van der Waals surface area contributed by atoms with E-state index >= 15 is 0 Å². The standard InChI is InChI=1S/C13H16OSi/c1-15(2,3)12-6-4-5-9-10-7-8-11(14-10)13(9)12/h4-8,10-11H,1-3H3/t10-,11-/m1/s1. The minimum atomic E-state index is -1.24. The third-order valence-electron chi connectivity index (χ3n) is 3.29. The normalized spacial score (nSPS) is 27.1. The Morgan fingerprint density at radius 2 is 1.80 bits per heavy atom. The van der Waals surface area contributed by atoms with Crippen molar-refractivity contribution in [1.29, 1.82) is 0 Å². The molecular weight excluding hydrogens is 200 g/mol. The van der Waals surface area contributed by atoms with Crippen molar-refractivity contribution in [1.82, 2.24) is 0 Å². The molecule has 0 unspecified atom stereocenters. The van der Waals surface area contributed by atoms with Crippen LogP contribution in [0.15, 0.2) is 30.4 Å². The molecule has 0 radical (unpaired) electrons. The van der Waals surface area contributed by atoms with Crippen LogP contribution in [0, 0.1) is 0 Å². The molecule has 0 spiro atoms. The highest BCUT2D eigenvalue weighted by Crippen LogP contribution is 2.45. The first-order chi connectivity index (χ1) is 7.07. The van der Waals surface area contributed by atoms with Gasteiger partial charge in [-0.05, 0) is 11.1 Å². The predicted octanol–water partition coefficient (Wildman–Crippen LogP) is 2.91. The van der Waals surface area contributed by atoms with E-state index in [0.29, 0.717) is 0 Å². The highest BCUT2D eigenvalue weighted by molar-refractivity contribution is 6.89. The second-order valence-corrected chi connectivity index (χ2v) is 10.5. The number of ether oxygens (including phenoxy) is 1. The van der Waals surface area contributed by atoms with Crippen LogP contribution in [0.2, 0.25) is 19.6 Å². The monoisotopic (exact) mass is 216 g/mol. The zero-order chi connectivity index (χ0) is 10.6. The summed E-state index contributed by atoms with van der Waals surface area (Å²) in [6, 6.07) is 6.69. The van der Waals surface area contributed by atoms with Gasteiger partial charge in [-0.3, -0.25) is 0 Å². The van der Waals surface area contributed by atoms with Gasteiger partial charge in [0.1, 0.15) is 12.2 Å². The van der Waals surface area contributed by atoms with Crippen molar-refractivity contribution in [2.24, 2.45) is 0 Å². The van der Waals surface area contributed by atoms with Crippen LogP contribution in [0.4, 0.5) is 0 Å². The molecule has 0 N–H and O–H groups in total. The van der Waals surface area contributed by atoms with Crippen LogP contribution in [0.5, 0.6) is 0 Å². The maximum atomic E-state index is 5.89. The fourth-order valence-electron chi connectivity index (χ4n) is 2.59. The Labute approximate surface area is 91.8 Å². The van der Waals surface area contributed by atoms with Crippen LogP contribution < -0.4 is 5.19 Å². The Morgan fingerprint density at radius 1 is 1.07 bits per heavy atom. The summed E-state index contributed by atoms with van der Waals surface area (Å²) in [4.78, 5) is 0. The Kier molecular flexibility index (Phi) is 1.77. The highest BCUT2D eigenvalue weighted by atomic mass is 28.3. The SMILES string of the molecule is C[Si](C)(C)c1cccc2c1[C@H]1C=C[C@H]2O1. The Balaban J connectivity index is 2.22. The van der Waals surface area contributed by atoms with Crippen molar-refractivity contribution in [3.63, 3.8) is 0 Å². The van der Waals surface area contributed by atoms with E-state index in [1.807, 2.05) is 0 Å². The molecule has 1 aromatic rings. The molecule has 3 rings (SSSR count). The second-order valence-electron chi connectivity index (χ2n) is 5.42. The second kappa shape index (κ2) is 2.83. The number of fused-ring (bicyclic) bond motifs is 5. The van der Waals surface area contributed by atoms with Gasteiger partial charge in [-0.2, -0.15) is 0 Å². The molecule has 2 bridgehead atoms. The lowest BCUT2D eigenvalue weighted by Crippen LogP contribution is -2.40. The van der Waals surface area contributed by atoms with Gasteiger partial charge < -0.3 is 4.74 Å². The van der Waals surface area contributed by atoms with E-state index in [2.05, 4.69) is 50.0 Å². The molecule has 15 heavy (non-hydrogen) atoms. The smallest absolute Gasteiger partial charge is 0.102 e. The third kappa shape index (κ3) is 1.25. The summed E-state index contributed by atoms with van der Waals surface area (Å²) in [7, 11) is -1.24. The summed E-state index contributed by atoms with van der Waals surface area (Å²) in [5, 5.41) is 1.57. The lowest BCUT2D eigenvalue weighted by atomic mass is 9.97. The van der Waals surface area contributed by atoms with Crippen molar-refractivity contribution < 1.29 is 4.74 Å². The van der Waals surface area contributed by atoms with Crippen LogP contribution in [0.3, 0.4) is 0 Å². The summed E-state index contributed by atoms with van der Waals surface area (Å²) in [5.41, 5.74) is 2.88. The molecule has 1 aromatic carbocycles. The molecule has 0 saturated carbocycles. The van der Waals surface area contributed by atoms with Gasteiger partial charge in [-0.1, -0.05) is 55.2 Å². The molecular formula is C13H16OSi. The first kappa shape index (κ1) is 9.37. The topological polar surface area (TPSA) is 9.23 Å². The molecule has 0 fully saturated rings. The van der Waals surface area contributed by atoms with Crippen molar-refractivity contribution in [2.75, 3.05) is 0 Å². The van der Waals surface area contributed by atoms with E-state index in [-0.39, 0.29) is 12.2 Å². The van der Waals surface area contributed by atoms with Gasteiger partial charge in [0.05, 0.1) is 8.07 Å². The van der Waals surface area contributed by atoms with E-state index < -0.39 is 8.07 Å². The molecule has 78 valence electrons. The summed E-state index contributed by atoms with van der Waals surface area (Å²) < 4.78 is 5.89. The van der Waals surface area contributed by atoms with E-state index in [1.54, 1.807) is 5.19 Å². The largest absolute Gasteiger partial charge is 0.357 e. The van der Waals surface area contributed by atoms with E-state index in [9.17, 15) is 0 Å². The predicted molar refractivity (Wildman–Crippen MR) is 65.1 cm³/mol. The van der Waals surface area contributed by atoms with Crippen LogP contribution in [-0.2, 0) is 4.74 Å².